The number of aromatic nitrogens is 1. The molecule has 0 saturated carbocycles. The average molecular weight is 442 g/mol. The van der Waals surface area contributed by atoms with Gasteiger partial charge in [-0.15, -0.1) is 24.0 Å². The van der Waals surface area contributed by atoms with Crippen molar-refractivity contribution in [1.29, 1.82) is 0 Å². The highest BCUT2D eigenvalue weighted by Gasteiger charge is 2.29. The zero-order chi connectivity index (χ0) is 15.9. The number of hydrogen-bond acceptors (Lipinski definition) is 3. The van der Waals surface area contributed by atoms with E-state index >= 15 is 0 Å². The minimum Gasteiger partial charge on any atom is -0.357 e. The highest BCUT2D eigenvalue weighted by atomic mass is 127. The monoisotopic (exact) mass is 442 g/mol. The molecule has 2 N–H and O–H groups in total. The first kappa shape index (κ1) is 21.2. The summed E-state index contributed by atoms with van der Waals surface area (Å²) >= 11 is 0. The highest BCUT2D eigenvalue weighted by molar-refractivity contribution is 14.0. The number of aliphatic imine (C=N–C) groups is 1. The predicted octanol–water partition coefficient (Wildman–Crippen LogP) is 1.48. The van der Waals surface area contributed by atoms with Gasteiger partial charge in [0, 0.05) is 38.3 Å². The number of halogens is 1. The minimum atomic E-state index is -3.14. The lowest BCUT2D eigenvalue weighted by atomic mass is 10.2. The van der Waals surface area contributed by atoms with E-state index in [0.29, 0.717) is 5.96 Å². The first-order chi connectivity index (χ1) is 9.76. The average Bonchev–Trinajstić information content (AvgIpc) is 2.87. The Labute approximate surface area is 150 Å². The molecule has 1 rings (SSSR count). The summed E-state index contributed by atoms with van der Waals surface area (Å²) in [4.78, 5) is 4.38. The van der Waals surface area contributed by atoms with Gasteiger partial charge in [0.1, 0.15) is 0 Å². The molecule has 0 aliphatic heterocycles. The van der Waals surface area contributed by atoms with Crippen molar-refractivity contribution in [1.82, 2.24) is 15.2 Å². The first-order valence-electron chi connectivity index (χ1n) is 7.09. The number of nitrogens with one attached hydrogen (secondary N) is 2. The van der Waals surface area contributed by atoms with Gasteiger partial charge >= 0.3 is 0 Å². The van der Waals surface area contributed by atoms with Crippen LogP contribution in [0.1, 0.15) is 20.8 Å². The van der Waals surface area contributed by atoms with E-state index in [1.807, 2.05) is 31.5 Å². The Morgan fingerprint density at radius 1 is 1.23 bits per heavy atom. The van der Waals surface area contributed by atoms with Crippen LogP contribution in [0.15, 0.2) is 29.5 Å². The Balaban J connectivity index is 0.00000441. The summed E-state index contributed by atoms with van der Waals surface area (Å²) < 4.78 is 24.6. The SMILES string of the molecule is CCNC(=NCC(C)(C)S(C)(=O)=O)NCCn1cccc1.I. The van der Waals surface area contributed by atoms with Crippen LogP contribution >= 0.6 is 24.0 Å². The molecule has 0 bridgehead atoms. The van der Waals surface area contributed by atoms with Crippen LogP contribution in [0.2, 0.25) is 0 Å². The Kier molecular flexibility index (Phi) is 9.06. The maximum Gasteiger partial charge on any atom is 0.191 e. The molecule has 0 aromatic carbocycles. The van der Waals surface area contributed by atoms with Crippen LogP contribution in [0, 0.1) is 0 Å². The van der Waals surface area contributed by atoms with Crippen LogP contribution in [0.25, 0.3) is 0 Å². The van der Waals surface area contributed by atoms with Crippen LogP contribution in [0.3, 0.4) is 0 Å². The highest BCUT2D eigenvalue weighted by Crippen LogP contribution is 2.14. The topological polar surface area (TPSA) is 75.5 Å². The van der Waals surface area contributed by atoms with Gasteiger partial charge in [-0.05, 0) is 32.9 Å². The Bertz CT molecular complexity index is 553. The van der Waals surface area contributed by atoms with Gasteiger partial charge in [-0.25, -0.2) is 8.42 Å². The molecule has 1 heterocycles. The fraction of sp³-hybridized carbons (Fsp3) is 0.643. The van der Waals surface area contributed by atoms with E-state index in [2.05, 4.69) is 20.2 Å². The lowest BCUT2D eigenvalue weighted by Gasteiger charge is -2.21. The lowest BCUT2D eigenvalue weighted by Crippen LogP contribution is -2.41. The number of hydrogen-bond donors (Lipinski definition) is 2. The molecule has 8 heteroatoms. The van der Waals surface area contributed by atoms with Crippen LogP contribution in [-0.2, 0) is 16.4 Å². The number of sulfone groups is 1. The van der Waals surface area contributed by atoms with Gasteiger partial charge in [0.05, 0.1) is 11.3 Å². The van der Waals surface area contributed by atoms with E-state index in [9.17, 15) is 8.42 Å². The summed E-state index contributed by atoms with van der Waals surface area (Å²) in [5, 5.41) is 6.33. The van der Waals surface area contributed by atoms with Gasteiger partial charge in [0.15, 0.2) is 15.8 Å². The third-order valence-electron chi connectivity index (χ3n) is 3.29. The van der Waals surface area contributed by atoms with E-state index in [-0.39, 0.29) is 30.5 Å². The maximum atomic E-state index is 11.7. The molecule has 0 spiro atoms. The minimum absolute atomic E-state index is 0. The van der Waals surface area contributed by atoms with Crippen molar-refractivity contribution in [3.05, 3.63) is 24.5 Å². The second kappa shape index (κ2) is 9.39. The largest absolute Gasteiger partial charge is 0.357 e. The van der Waals surface area contributed by atoms with E-state index < -0.39 is 14.6 Å². The van der Waals surface area contributed by atoms with Crippen LogP contribution in [0.4, 0.5) is 0 Å². The fourth-order valence-corrected chi connectivity index (χ4v) is 1.85. The van der Waals surface area contributed by atoms with E-state index in [4.69, 9.17) is 0 Å². The second-order valence-electron chi connectivity index (χ2n) is 5.57. The van der Waals surface area contributed by atoms with Gasteiger partial charge in [-0.3, -0.25) is 4.99 Å². The zero-order valence-electron chi connectivity index (χ0n) is 13.7. The van der Waals surface area contributed by atoms with E-state index in [1.165, 1.54) is 6.26 Å². The van der Waals surface area contributed by atoms with Gasteiger partial charge in [-0.1, -0.05) is 0 Å². The molecule has 1 aromatic rings. The molecule has 6 nitrogen and oxygen atoms in total. The van der Waals surface area contributed by atoms with Crippen LogP contribution in [0.5, 0.6) is 0 Å². The molecule has 0 unspecified atom stereocenters. The summed E-state index contributed by atoms with van der Waals surface area (Å²) in [6, 6.07) is 3.96. The summed E-state index contributed by atoms with van der Waals surface area (Å²) in [6.07, 6.45) is 5.24. The molecule has 0 aliphatic carbocycles. The molecule has 0 fully saturated rings. The number of nitrogens with zero attached hydrogens (tertiary/aromatic N) is 2. The zero-order valence-corrected chi connectivity index (χ0v) is 16.8. The molecular formula is C14H27IN4O2S. The van der Waals surface area contributed by atoms with Crippen molar-refractivity contribution in [3.63, 3.8) is 0 Å². The summed E-state index contributed by atoms with van der Waals surface area (Å²) in [5.41, 5.74) is 0. The molecule has 0 radical (unpaired) electrons. The van der Waals surface area contributed by atoms with E-state index in [0.717, 1.165) is 19.6 Å². The number of guanidine groups is 1. The normalized spacial score (nSPS) is 12.6. The van der Waals surface area contributed by atoms with Gasteiger partial charge in [0.2, 0.25) is 0 Å². The van der Waals surface area contributed by atoms with Crippen LogP contribution in [-0.4, -0.2) is 49.6 Å². The predicted molar refractivity (Wildman–Crippen MR) is 103 cm³/mol. The van der Waals surface area contributed by atoms with Crippen LogP contribution < -0.4 is 10.6 Å². The summed E-state index contributed by atoms with van der Waals surface area (Å²) in [7, 11) is -3.14. The fourth-order valence-electron chi connectivity index (χ4n) is 1.55. The summed E-state index contributed by atoms with van der Waals surface area (Å²) in [5.74, 6) is 0.640. The van der Waals surface area contributed by atoms with E-state index in [1.54, 1.807) is 13.8 Å². The lowest BCUT2D eigenvalue weighted by molar-refractivity contribution is 0.554. The molecule has 0 amide bonds. The molecular weight excluding hydrogens is 415 g/mol. The van der Waals surface area contributed by atoms with Crippen molar-refractivity contribution < 1.29 is 8.42 Å². The quantitative estimate of drug-likeness (QED) is 0.381. The van der Waals surface area contributed by atoms with Crippen molar-refractivity contribution in [2.45, 2.75) is 32.1 Å². The van der Waals surface area contributed by atoms with Gasteiger partial charge < -0.3 is 15.2 Å². The summed E-state index contributed by atoms with van der Waals surface area (Å²) in [6.45, 7) is 7.86. The van der Waals surface area contributed by atoms with Crippen molar-refractivity contribution in [2.24, 2.45) is 4.99 Å². The van der Waals surface area contributed by atoms with Crippen molar-refractivity contribution in [2.75, 3.05) is 25.9 Å². The molecule has 0 atom stereocenters. The van der Waals surface area contributed by atoms with Crippen molar-refractivity contribution >= 4 is 39.8 Å². The molecule has 128 valence electrons. The Morgan fingerprint density at radius 3 is 2.32 bits per heavy atom. The third kappa shape index (κ3) is 6.99. The Morgan fingerprint density at radius 2 is 1.82 bits per heavy atom. The molecule has 0 aliphatic rings. The van der Waals surface area contributed by atoms with Gasteiger partial charge in [0.25, 0.3) is 0 Å². The first-order valence-corrected chi connectivity index (χ1v) is 8.98. The Hall–Kier alpha value is -0.770. The van der Waals surface area contributed by atoms with Gasteiger partial charge in [-0.2, -0.15) is 0 Å². The van der Waals surface area contributed by atoms with Crippen molar-refractivity contribution in [3.8, 4) is 0 Å². The standard InChI is InChI=1S/C14H26N4O2S.HI/c1-5-15-13(16-8-11-18-9-6-7-10-18)17-12-14(2,3)21(4,19)20;/h6-7,9-10H,5,8,11-12H2,1-4H3,(H2,15,16,17);1H. The molecule has 0 saturated heterocycles. The number of rotatable bonds is 7. The molecule has 22 heavy (non-hydrogen) atoms. The second-order valence-corrected chi connectivity index (χ2v) is 8.22. The maximum absolute atomic E-state index is 11.7. The molecule has 1 aromatic heterocycles. The smallest absolute Gasteiger partial charge is 0.191 e. The third-order valence-corrected chi connectivity index (χ3v) is 5.43.